The third-order valence-electron chi connectivity index (χ3n) is 2.32. The lowest BCUT2D eigenvalue weighted by Gasteiger charge is -2.12. The third kappa shape index (κ3) is 1.50. The first-order valence-corrected chi connectivity index (χ1v) is 5.61. The molecule has 0 aromatic heterocycles. The van der Waals surface area contributed by atoms with Crippen molar-refractivity contribution < 1.29 is 9.09 Å². The molecule has 0 saturated carbocycles. The summed E-state index contributed by atoms with van der Waals surface area (Å²) in [5, 5.41) is 0. The van der Waals surface area contributed by atoms with E-state index >= 15 is 0 Å². The second-order valence-corrected chi connectivity index (χ2v) is 6.10. The minimum Gasteiger partial charge on any atom is -0.332 e. The molecule has 62 valence electrons. The van der Waals surface area contributed by atoms with E-state index in [1.807, 2.05) is 6.92 Å². The van der Waals surface area contributed by atoms with Crippen molar-refractivity contribution in [2.45, 2.75) is 19.0 Å². The molecule has 1 saturated heterocycles. The number of rotatable bonds is 1. The lowest BCUT2D eigenvalue weighted by Crippen LogP contribution is -1.96. The molecule has 3 unspecified atom stereocenters. The molecule has 0 amide bonds. The van der Waals surface area contributed by atoms with Crippen molar-refractivity contribution >= 4 is 7.37 Å². The zero-order valence-corrected chi connectivity index (χ0v) is 7.80. The van der Waals surface area contributed by atoms with Crippen LogP contribution in [0.5, 0.6) is 0 Å². The second-order valence-electron chi connectivity index (χ2n) is 3.04. The maximum atomic E-state index is 11.8. The van der Waals surface area contributed by atoms with Crippen LogP contribution in [0.15, 0.2) is 0 Å². The average Bonchev–Trinajstić information content (AvgIpc) is 2.29. The molecule has 11 heavy (non-hydrogen) atoms. The van der Waals surface area contributed by atoms with Gasteiger partial charge in [-0.3, -0.25) is 4.57 Å². The van der Waals surface area contributed by atoms with Crippen molar-refractivity contribution in [3.8, 4) is 12.3 Å². The van der Waals surface area contributed by atoms with Crippen molar-refractivity contribution in [1.29, 1.82) is 0 Å². The van der Waals surface area contributed by atoms with Gasteiger partial charge < -0.3 is 4.52 Å². The molecule has 1 fully saturated rings. The van der Waals surface area contributed by atoms with E-state index in [1.54, 1.807) is 0 Å². The molecule has 0 radical (unpaired) electrons. The van der Waals surface area contributed by atoms with Crippen LogP contribution in [0, 0.1) is 18.3 Å². The van der Waals surface area contributed by atoms with Gasteiger partial charge in [-0.2, -0.15) is 0 Å². The molecule has 1 rings (SSSR count). The Bertz CT molecular complexity index is 229. The minimum atomic E-state index is -2.36. The summed E-state index contributed by atoms with van der Waals surface area (Å²) in [6.45, 7) is 1.95. The van der Waals surface area contributed by atoms with E-state index in [-0.39, 0.29) is 11.6 Å². The van der Waals surface area contributed by atoms with Gasteiger partial charge in [-0.15, -0.1) is 12.3 Å². The molecule has 0 bridgehead atoms. The fourth-order valence-electron chi connectivity index (χ4n) is 1.51. The maximum absolute atomic E-state index is 11.8. The highest BCUT2D eigenvalue weighted by atomic mass is 31.2. The Morgan fingerprint density at radius 3 is 2.64 bits per heavy atom. The van der Waals surface area contributed by atoms with Crippen LogP contribution in [0.1, 0.15) is 13.3 Å². The van der Waals surface area contributed by atoms with E-state index in [0.717, 1.165) is 6.42 Å². The first kappa shape index (κ1) is 8.84. The van der Waals surface area contributed by atoms with E-state index in [4.69, 9.17) is 10.9 Å². The van der Waals surface area contributed by atoms with Crippen LogP contribution in [-0.2, 0) is 9.09 Å². The normalized spacial score (nSPS) is 43.7. The quantitative estimate of drug-likeness (QED) is 0.446. The van der Waals surface area contributed by atoms with Gasteiger partial charge in [-0.1, -0.05) is 6.92 Å². The fourth-order valence-corrected chi connectivity index (χ4v) is 3.82. The van der Waals surface area contributed by atoms with Gasteiger partial charge in [-0.25, -0.2) is 0 Å². The molecule has 1 aliphatic heterocycles. The number of hydrogen-bond acceptors (Lipinski definition) is 2. The Hall–Kier alpha value is -0.250. The lowest BCUT2D eigenvalue weighted by atomic mass is 10.1. The largest absolute Gasteiger partial charge is 0.332 e. The number of terminal acetylenes is 1. The summed E-state index contributed by atoms with van der Waals surface area (Å²) in [7, 11) is -0.847. The Balaban J connectivity index is 2.75. The van der Waals surface area contributed by atoms with Crippen LogP contribution in [0.4, 0.5) is 0 Å². The molecule has 0 aromatic rings. The van der Waals surface area contributed by atoms with Gasteiger partial charge in [-0.05, 0) is 6.42 Å². The van der Waals surface area contributed by atoms with Crippen LogP contribution in [0.3, 0.4) is 0 Å². The van der Waals surface area contributed by atoms with Crippen molar-refractivity contribution in [3.05, 3.63) is 0 Å². The molecular formula is C8H13O2P. The molecule has 2 nitrogen and oxygen atoms in total. The summed E-state index contributed by atoms with van der Waals surface area (Å²) in [6, 6.07) is 0. The Morgan fingerprint density at radius 2 is 2.36 bits per heavy atom. The van der Waals surface area contributed by atoms with Crippen LogP contribution in [0.25, 0.3) is 0 Å². The molecule has 1 heterocycles. The van der Waals surface area contributed by atoms with Crippen LogP contribution >= 0.6 is 7.37 Å². The SMILES string of the molecule is C#CC1CC(C)P(=O)(OC)C1. The zero-order valence-electron chi connectivity index (χ0n) is 6.91. The topological polar surface area (TPSA) is 26.3 Å². The highest BCUT2D eigenvalue weighted by molar-refractivity contribution is 7.60. The van der Waals surface area contributed by atoms with E-state index in [9.17, 15) is 4.57 Å². The molecule has 3 atom stereocenters. The summed E-state index contributed by atoms with van der Waals surface area (Å²) < 4.78 is 16.8. The van der Waals surface area contributed by atoms with E-state index in [0.29, 0.717) is 6.16 Å². The van der Waals surface area contributed by atoms with Crippen LogP contribution in [-0.4, -0.2) is 18.9 Å². The first-order valence-electron chi connectivity index (χ1n) is 3.73. The van der Waals surface area contributed by atoms with Gasteiger partial charge in [0.15, 0.2) is 0 Å². The highest BCUT2D eigenvalue weighted by Gasteiger charge is 2.40. The van der Waals surface area contributed by atoms with Crippen molar-refractivity contribution in [3.63, 3.8) is 0 Å². The molecule has 0 N–H and O–H groups in total. The predicted octanol–water partition coefficient (Wildman–Crippen LogP) is 1.95. The van der Waals surface area contributed by atoms with Gasteiger partial charge in [0.2, 0.25) is 7.37 Å². The highest BCUT2D eigenvalue weighted by Crippen LogP contribution is 2.59. The lowest BCUT2D eigenvalue weighted by molar-refractivity contribution is 0.391. The van der Waals surface area contributed by atoms with Gasteiger partial charge in [0.1, 0.15) is 0 Å². The van der Waals surface area contributed by atoms with E-state index in [1.165, 1.54) is 7.11 Å². The summed E-state index contributed by atoms with van der Waals surface area (Å²) in [5.74, 6) is 2.79. The molecule has 0 spiro atoms. The molecule has 0 aliphatic carbocycles. The van der Waals surface area contributed by atoms with Gasteiger partial charge in [0.05, 0.1) is 0 Å². The summed E-state index contributed by atoms with van der Waals surface area (Å²) in [5.41, 5.74) is 0.147. The fraction of sp³-hybridized carbons (Fsp3) is 0.750. The van der Waals surface area contributed by atoms with Gasteiger partial charge in [0, 0.05) is 24.8 Å². The Morgan fingerprint density at radius 1 is 1.73 bits per heavy atom. The molecule has 0 aromatic carbocycles. The summed E-state index contributed by atoms with van der Waals surface area (Å²) in [4.78, 5) is 0. The monoisotopic (exact) mass is 172 g/mol. The maximum Gasteiger partial charge on any atom is 0.206 e. The smallest absolute Gasteiger partial charge is 0.206 e. The minimum absolute atomic E-state index is 0.147. The van der Waals surface area contributed by atoms with Crippen LogP contribution in [0.2, 0.25) is 0 Å². The average molecular weight is 172 g/mol. The van der Waals surface area contributed by atoms with Crippen molar-refractivity contribution in [2.75, 3.05) is 13.3 Å². The molecular weight excluding hydrogens is 159 g/mol. The van der Waals surface area contributed by atoms with E-state index < -0.39 is 7.37 Å². The first-order chi connectivity index (χ1) is 5.12. The van der Waals surface area contributed by atoms with Crippen molar-refractivity contribution in [2.24, 2.45) is 5.92 Å². The van der Waals surface area contributed by atoms with E-state index in [2.05, 4.69) is 5.92 Å². The summed E-state index contributed by atoms with van der Waals surface area (Å²) in [6.07, 6.45) is 6.66. The second kappa shape index (κ2) is 3.01. The molecule has 1 aliphatic rings. The van der Waals surface area contributed by atoms with Gasteiger partial charge in [0.25, 0.3) is 0 Å². The number of hydrogen-bond donors (Lipinski definition) is 0. The predicted molar refractivity (Wildman–Crippen MR) is 45.9 cm³/mol. The Kier molecular flexibility index (Phi) is 2.42. The molecule has 3 heteroatoms. The third-order valence-corrected chi connectivity index (χ3v) is 5.44. The Labute approximate surface area is 67.8 Å². The standard InChI is InChI=1S/C8H13O2P/c1-4-8-5-7(2)11(9,6-8)10-3/h1,7-8H,5-6H2,2-3H3. The summed E-state index contributed by atoms with van der Waals surface area (Å²) >= 11 is 0. The van der Waals surface area contributed by atoms with Gasteiger partial charge >= 0.3 is 0 Å². The van der Waals surface area contributed by atoms with Crippen LogP contribution < -0.4 is 0 Å². The zero-order chi connectivity index (χ0) is 8.48. The van der Waals surface area contributed by atoms with Crippen molar-refractivity contribution in [1.82, 2.24) is 0 Å².